The molecule has 3 nitrogen and oxygen atoms in total. The van der Waals surface area contributed by atoms with E-state index in [4.69, 9.17) is 5.11 Å². The average Bonchev–Trinajstić information content (AvgIpc) is 2.16. The van der Waals surface area contributed by atoms with Crippen molar-refractivity contribution in [2.24, 2.45) is 0 Å². The molecule has 4 heteroatoms. The van der Waals surface area contributed by atoms with E-state index >= 15 is 0 Å². The fraction of sp³-hybridized carbons (Fsp3) is 0.300. The number of hydrogen-bond acceptors (Lipinski definition) is 3. The van der Waals surface area contributed by atoms with Crippen LogP contribution in [0.1, 0.15) is 5.56 Å². The van der Waals surface area contributed by atoms with E-state index in [1.807, 2.05) is 0 Å². The van der Waals surface area contributed by atoms with E-state index in [9.17, 15) is 9.18 Å². The summed E-state index contributed by atoms with van der Waals surface area (Å²) in [4.78, 5) is 10.7. The molecule has 1 unspecified atom stereocenters. The highest BCUT2D eigenvalue weighted by molar-refractivity contribution is 5.74. The smallest absolute Gasteiger partial charge is 0.340 e. The van der Waals surface area contributed by atoms with Crippen LogP contribution in [0.5, 0.6) is 5.75 Å². The van der Waals surface area contributed by atoms with E-state index in [1.165, 1.54) is 12.1 Å². The normalized spacial score (nSPS) is 12.1. The highest BCUT2D eigenvalue weighted by Crippen LogP contribution is 2.14. The van der Waals surface area contributed by atoms with Gasteiger partial charge in [0.2, 0.25) is 6.17 Å². The lowest BCUT2D eigenvalue weighted by Crippen LogP contribution is -2.19. The summed E-state index contributed by atoms with van der Waals surface area (Å²) in [6.07, 6.45) is -1.76. The number of carbonyl (C=O) groups excluding carboxylic acids is 1. The van der Waals surface area contributed by atoms with Crippen molar-refractivity contribution in [3.8, 4) is 5.75 Å². The number of esters is 1. The number of phenolic OH excluding ortho intramolecular Hbond substituents is 1. The quantitative estimate of drug-likeness (QED) is 0.747. The van der Waals surface area contributed by atoms with Crippen molar-refractivity contribution in [1.82, 2.24) is 0 Å². The van der Waals surface area contributed by atoms with Crippen molar-refractivity contribution in [3.05, 3.63) is 29.8 Å². The van der Waals surface area contributed by atoms with Crippen LogP contribution in [0.25, 0.3) is 0 Å². The Balaban J connectivity index is 2.64. The maximum Gasteiger partial charge on any atom is 0.340 e. The van der Waals surface area contributed by atoms with Crippen LogP contribution < -0.4 is 0 Å². The van der Waals surface area contributed by atoms with E-state index in [0.717, 1.165) is 7.11 Å². The zero-order valence-electron chi connectivity index (χ0n) is 7.74. The minimum absolute atomic E-state index is 0.0552. The SMILES string of the molecule is COC(=O)C(F)Cc1cccc(O)c1. The van der Waals surface area contributed by atoms with Crippen LogP contribution in [-0.2, 0) is 16.0 Å². The van der Waals surface area contributed by atoms with Crippen LogP contribution in [0.2, 0.25) is 0 Å². The first-order valence-electron chi connectivity index (χ1n) is 4.13. The van der Waals surface area contributed by atoms with Gasteiger partial charge in [0.15, 0.2) is 0 Å². The van der Waals surface area contributed by atoms with Gasteiger partial charge in [-0.1, -0.05) is 12.1 Å². The minimum Gasteiger partial charge on any atom is -0.508 e. The Kier molecular flexibility index (Phi) is 3.45. The van der Waals surface area contributed by atoms with E-state index in [2.05, 4.69) is 4.74 Å². The Hall–Kier alpha value is -1.58. The van der Waals surface area contributed by atoms with Gasteiger partial charge in [-0.15, -0.1) is 0 Å². The number of carbonyl (C=O) groups is 1. The van der Waals surface area contributed by atoms with Gasteiger partial charge in [-0.3, -0.25) is 0 Å². The number of phenols is 1. The molecule has 76 valence electrons. The van der Waals surface area contributed by atoms with Crippen molar-refractivity contribution < 1.29 is 19.0 Å². The first-order valence-corrected chi connectivity index (χ1v) is 4.13. The number of ether oxygens (including phenoxy) is 1. The molecular formula is C10H11FO3. The van der Waals surface area contributed by atoms with Gasteiger partial charge in [-0.25, -0.2) is 9.18 Å². The molecular weight excluding hydrogens is 187 g/mol. The van der Waals surface area contributed by atoms with Crippen LogP contribution in [0, 0.1) is 0 Å². The molecule has 0 amide bonds. The monoisotopic (exact) mass is 198 g/mol. The summed E-state index contributed by atoms with van der Waals surface area (Å²) in [5, 5.41) is 9.08. The molecule has 1 rings (SSSR count). The highest BCUT2D eigenvalue weighted by Gasteiger charge is 2.18. The predicted octanol–water partition coefficient (Wildman–Crippen LogP) is 1.45. The zero-order valence-corrected chi connectivity index (χ0v) is 7.74. The third kappa shape index (κ3) is 2.73. The number of rotatable bonds is 3. The standard InChI is InChI=1S/C10H11FO3/c1-14-10(13)9(11)6-7-3-2-4-8(12)5-7/h2-5,9,12H,6H2,1H3. The van der Waals surface area contributed by atoms with Crippen molar-refractivity contribution in [1.29, 1.82) is 0 Å². The molecule has 0 aliphatic rings. The lowest BCUT2D eigenvalue weighted by atomic mass is 10.1. The molecule has 0 aliphatic carbocycles. The van der Waals surface area contributed by atoms with Gasteiger partial charge in [0, 0.05) is 6.42 Å². The summed E-state index contributed by atoms with van der Waals surface area (Å²) in [6.45, 7) is 0. The summed E-state index contributed by atoms with van der Waals surface area (Å²) in [7, 11) is 1.14. The molecule has 1 aromatic carbocycles. The van der Waals surface area contributed by atoms with Gasteiger partial charge in [-0.2, -0.15) is 0 Å². The first-order chi connectivity index (χ1) is 6.63. The third-order valence-electron chi connectivity index (χ3n) is 1.78. The maximum atomic E-state index is 13.1. The molecule has 0 bridgehead atoms. The average molecular weight is 198 g/mol. The van der Waals surface area contributed by atoms with Crippen molar-refractivity contribution in [2.45, 2.75) is 12.6 Å². The third-order valence-corrected chi connectivity index (χ3v) is 1.78. The number of alkyl halides is 1. The Labute approximate surface area is 81.1 Å². The second-order valence-corrected chi connectivity index (χ2v) is 2.86. The van der Waals surface area contributed by atoms with Crippen LogP contribution in [0.3, 0.4) is 0 Å². The van der Waals surface area contributed by atoms with Crippen molar-refractivity contribution in [2.75, 3.05) is 7.11 Å². The van der Waals surface area contributed by atoms with Crippen LogP contribution >= 0.6 is 0 Å². The van der Waals surface area contributed by atoms with E-state index in [0.29, 0.717) is 5.56 Å². The second-order valence-electron chi connectivity index (χ2n) is 2.86. The molecule has 0 spiro atoms. The zero-order chi connectivity index (χ0) is 10.6. The fourth-order valence-corrected chi connectivity index (χ4v) is 1.10. The number of methoxy groups -OCH3 is 1. The molecule has 0 radical (unpaired) electrons. The van der Waals surface area contributed by atoms with Gasteiger partial charge in [-0.05, 0) is 17.7 Å². The van der Waals surface area contributed by atoms with Gasteiger partial charge in [0.25, 0.3) is 0 Å². The number of hydrogen-bond donors (Lipinski definition) is 1. The molecule has 0 aliphatic heterocycles. The van der Waals surface area contributed by atoms with Gasteiger partial charge >= 0.3 is 5.97 Å². The predicted molar refractivity (Wildman–Crippen MR) is 48.7 cm³/mol. The lowest BCUT2D eigenvalue weighted by Gasteiger charge is -2.05. The lowest BCUT2D eigenvalue weighted by molar-refractivity contribution is -0.146. The topological polar surface area (TPSA) is 46.5 Å². The molecule has 1 aromatic rings. The first kappa shape index (κ1) is 10.5. The van der Waals surface area contributed by atoms with E-state index < -0.39 is 12.1 Å². The number of halogens is 1. The Morgan fingerprint density at radius 1 is 1.64 bits per heavy atom. The van der Waals surface area contributed by atoms with Crippen molar-refractivity contribution >= 4 is 5.97 Å². The van der Waals surface area contributed by atoms with Gasteiger partial charge in [0.1, 0.15) is 5.75 Å². The second kappa shape index (κ2) is 4.60. The highest BCUT2D eigenvalue weighted by atomic mass is 19.1. The van der Waals surface area contributed by atoms with Crippen LogP contribution in [0.15, 0.2) is 24.3 Å². The van der Waals surface area contributed by atoms with E-state index in [-0.39, 0.29) is 12.2 Å². The molecule has 0 saturated carbocycles. The summed E-state index contributed by atoms with van der Waals surface area (Å²) < 4.78 is 17.3. The molecule has 0 saturated heterocycles. The number of aromatic hydroxyl groups is 1. The Morgan fingerprint density at radius 3 is 2.93 bits per heavy atom. The summed E-state index contributed by atoms with van der Waals surface area (Å²) in [5.74, 6) is -0.840. The minimum atomic E-state index is -1.68. The molecule has 0 aromatic heterocycles. The number of benzene rings is 1. The summed E-state index contributed by atoms with van der Waals surface area (Å²) in [6, 6.07) is 6.12. The van der Waals surface area contributed by atoms with Crippen LogP contribution in [-0.4, -0.2) is 24.4 Å². The fourth-order valence-electron chi connectivity index (χ4n) is 1.10. The molecule has 0 fully saturated rings. The Morgan fingerprint density at radius 2 is 2.36 bits per heavy atom. The largest absolute Gasteiger partial charge is 0.508 e. The molecule has 0 heterocycles. The molecule has 1 N–H and O–H groups in total. The van der Waals surface area contributed by atoms with Gasteiger partial charge < -0.3 is 9.84 Å². The maximum absolute atomic E-state index is 13.1. The molecule has 1 atom stereocenters. The summed E-state index contributed by atoms with van der Waals surface area (Å²) in [5.41, 5.74) is 0.558. The van der Waals surface area contributed by atoms with Crippen LogP contribution in [0.4, 0.5) is 4.39 Å². The Bertz CT molecular complexity index is 325. The van der Waals surface area contributed by atoms with E-state index in [1.54, 1.807) is 12.1 Å². The molecule has 14 heavy (non-hydrogen) atoms. The van der Waals surface area contributed by atoms with Crippen molar-refractivity contribution in [3.63, 3.8) is 0 Å². The summed E-state index contributed by atoms with van der Waals surface area (Å²) >= 11 is 0. The van der Waals surface area contributed by atoms with Gasteiger partial charge in [0.05, 0.1) is 7.11 Å².